The van der Waals surface area contributed by atoms with Crippen LogP contribution in [0.2, 0.25) is 0 Å². The van der Waals surface area contributed by atoms with Crippen LogP contribution in [0.3, 0.4) is 0 Å². The van der Waals surface area contributed by atoms with Crippen molar-refractivity contribution in [3.8, 4) is 0 Å². The molecule has 90 valence electrons. The van der Waals surface area contributed by atoms with Gasteiger partial charge in [-0.05, 0) is 42.6 Å². The standard InChI is InChI=1S/C12H13NO2S2/c1-3-8(2)13-11(14)10(17-12(13)15)7-9-5-4-6-16-9/h4-8H,3H2,1-2H3/b10-7-. The number of hydrogen-bond acceptors (Lipinski definition) is 4. The second-order valence-corrected chi connectivity index (χ2v) is 5.80. The molecule has 5 heteroatoms. The van der Waals surface area contributed by atoms with E-state index in [2.05, 4.69) is 0 Å². The number of amides is 2. The van der Waals surface area contributed by atoms with Crippen LogP contribution in [0.25, 0.3) is 6.08 Å². The van der Waals surface area contributed by atoms with Crippen molar-refractivity contribution < 1.29 is 9.59 Å². The van der Waals surface area contributed by atoms with E-state index >= 15 is 0 Å². The van der Waals surface area contributed by atoms with Crippen LogP contribution in [0.1, 0.15) is 25.1 Å². The summed E-state index contributed by atoms with van der Waals surface area (Å²) in [5.74, 6) is -0.164. The summed E-state index contributed by atoms with van der Waals surface area (Å²) < 4.78 is 0. The molecule has 1 atom stereocenters. The van der Waals surface area contributed by atoms with E-state index < -0.39 is 0 Å². The van der Waals surface area contributed by atoms with Crippen LogP contribution < -0.4 is 0 Å². The van der Waals surface area contributed by atoms with Gasteiger partial charge in [-0.1, -0.05) is 13.0 Å². The van der Waals surface area contributed by atoms with E-state index in [1.807, 2.05) is 31.4 Å². The van der Waals surface area contributed by atoms with E-state index in [0.717, 1.165) is 23.1 Å². The smallest absolute Gasteiger partial charge is 0.268 e. The normalized spacial score (nSPS) is 20.4. The van der Waals surface area contributed by atoms with Crippen molar-refractivity contribution in [1.82, 2.24) is 4.90 Å². The molecule has 1 unspecified atom stereocenters. The van der Waals surface area contributed by atoms with Crippen LogP contribution in [0.4, 0.5) is 4.79 Å². The van der Waals surface area contributed by atoms with Crippen LogP contribution in [-0.2, 0) is 4.79 Å². The molecule has 0 radical (unpaired) electrons. The summed E-state index contributed by atoms with van der Waals surface area (Å²) in [5, 5.41) is 1.79. The lowest BCUT2D eigenvalue weighted by Crippen LogP contribution is -2.36. The molecule has 2 rings (SSSR count). The number of rotatable bonds is 3. The summed E-state index contributed by atoms with van der Waals surface area (Å²) in [6.07, 6.45) is 2.57. The second-order valence-electron chi connectivity index (χ2n) is 3.82. The molecule has 1 aliphatic rings. The van der Waals surface area contributed by atoms with Gasteiger partial charge in [0.25, 0.3) is 11.1 Å². The lowest BCUT2D eigenvalue weighted by Gasteiger charge is -2.19. The number of imide groups is 1. The SMILES string of the molecule is CCC(C)N1C(=O)S/C(=C\c2cccs2)C1=O. The third-order valence-corrected chi connectivity index (χ3v) is 4.37. The van der Waals surface area contributed by atoms with Crippen LogP contribution in [0, 0.1) is 0 Å². The Morgan fingerprint density at radius 2 is 2.24 bits per heavy atom. The molecule has 17 heavy (non-hydrogen) atoms. The Hall–Kier alpha value is -1.07. The summed E-state index contributed by atoms with van der Waals surface area (Å²) in [5.41, 5.74) is 0. The number of carbonyl (C=O) groups excluding carboxylic acids is 2. The molecule has 0 N–H and O–H groups in total. The fourth-order valence-corrected chi connectivity index (χ4v) is 3.20. The van der Waals surface area contributed by atoms with E-state index in [1.54, 1.807) is 17.4 Å². The van der Waals surface area contributed by atoms with E-state index in [1.165, 1.54) is 4.90 Å². The number of carbonyl (C=O) groups is 2. The number of hydrogen-bond donors (Lipinski definition) is 0. The molecule has 1 aromatic heterocycles. The van der Waals surface area contributed by atoms with Gasteiger partial charge < -0.3 is 0 Å². The predicted molar refractivity (Wildman–Crippen MR) is 71.9 cm³/mol. The molecule has 0 bridgehead atoms. The first-order chi connectivity index (χ1) is 8.13. The minimum atomic E-state index is -0.164. The molecule has 3 nitrogen and oxygen atoms in total. The highest BCUT2D eigenvalue weighted by molar-refractivity contribution is 8.18. The Bertz CT molecular complexity index is 465. The van der Waals surface area contributed by atoms with Crippen LogP contribution in [-0.4, -0.2) is 22.1 Å². The summed E-state index contributed by atoms with van der Waals surface area (Å²) >= 11 is 2.59. The van der Waals surface area contributed by atoms with Gasteiger partial charge in [0.05, 0.1) is 4.91 Å². The molecule has 1 aromatic rings. The summed E-state index contributed by atoms with van der Waals surface area (Å²) in [7, 11) is 0. The molecule has 2 amide bonds. The van der Waals surface area contributed by atoms with Gasteiger partial charge in [-0.3, -0.25) is 14.5 Å². The fraction of sp³-hybridized carbons (Fsp3) is 0.333. The first kappa shape index (κ1) is 12.4. The van der Waals surface area contributed by atoms with Gasteiger partial charge in [0.2, 0.25) is 0 Å². The Morgan fingerprint density at radius 1 is 1.47 bits per heavy atom. The lowest BCUT2D eigenvalue weighted by molar-refractivity contribution is -0.124. The third-order valence-electron chi connectivity index (χ3n) is 2.67. The molecule has 0 saturated carbocycles. The maximum Gasteiger partial charge on any atom is 0.293 e. The zero-order chi connectivity index (χ0) is 12.4. The summed E-state index contributed by atoms with van der Waals surface area (Å²) in [4.78, 5) is 26.7. The average Bonchev–Trinajstić information content (AvgIpc) is 2.89. The van der Waals surface area contributed by atoms with Crippen molar-refractivity contribution in [3.05, 3.63) is 27.3 Å². The van der Waals surface area contributed by atoms with Crippen molar-refractivity contribution in [2.45, 2.75) is 26.3 Å². The second kappa shape index (κ2) is 5.06. The zero-order valence-electron chi connectivity index (χ0n) is 9.67. The number of thioether (sulfide) groups is 1. The van der Waals surface area contributed by atoms with Crippen molar-refractivity contribution in [3.63, 3.8) is 0 Å². The largest absolute Gasteiger partial charge is 0.293 e. The van der Waals surface area contributed by atoms with Crippen molar-refractivity contribution in [2.24, 2.45) is 0 Å². The van der Waals surface area contributed by atoms with Gasteiger partial charge in [-0.25, -0.2) is 0 Å². The van der Waals surface area contributed by atoms with Crippen molar-refractivity contribution in [2.75, 3.05) is 0 Å². The van der Waals surface area contributed by atoms with Gasteiger partial charge in [-0.2, -0.15) is 0 Å². The molecule has 1 saturated heterocycles. The van der Waals surface area contributed by atoms with Gasteiger partial charge in [0, 0.05) is 10.9 Å². The molecule has 0 aliphatic carbocycles. The highest BCUT2D eigenvalue weighted by Gasteiger charge is 2.37. The molecule has 0 spiro atoms. The minimum absolute atomic E-state index is 0.0308. The van der Waals surface area contributed by atoms with E-state index in [-0.39, 0.29) is 17.2 Å². The maximum atomic E-state index is 12.1. The molecular formula is C12H13NO2S2. The van der Waals surface area contributed by atoms with Crippen LogP contribution >= 0.6 is 23.1 Å². The van der Waals surface area contributed by atoms with Gasteiger partial charge in [-0.15, -0.1) is 11.3 Å². The number of nitrogens with zero attached hydrogens (tertiary/aromatic N) is 1. The third kappa shape index (κ3) is 2.45. The molecule has 0 aromatic carbocycles. The zero-order valence-corrected chi connectivity index (χ0v) is 11.3. The average molecular weight is 267 g/mol. The monoisotopic (exact) mass is 267 g/mol. The molecule has 1 fully saturated rings. The van der Waals surface area contributed by atoms with Gasteiger partial charge in [0.1, 0.15) is 0 Å². The van der Waals surface area contributed by atoms with E-state index in [0.29, 0.717) is 4.91 Å². The van der Waals surface area contributed by atoms with Gasteiger partial charge >= 0.3 is 0 Å². The van der Waals surface area contributed by atoms with Crippen LogP contribution in [0.5, 0.6) is 0 Å². The highest BCUT2D eigenvalue weighted by atomic mass is 32.2. The summed E-state index contributed by atoms with van der Waals surface area (Å²) in [6, 6.07) is 3.83. The minimum Gasteiger partial charge on any atom is -0.268 e. The van der Waals surface area contributed by atoms with Crippen molar-refractivity contribution in [1.29, 1.82) is 0 Å². The first-order valence-corrected chi connectivity index (χ1v) is 7.13. The molecule has 1 aliphatic heterocycles. The van der Waals surface area contributed by atoms with E-state index in [4.69, 9.17) is 0 Å². The Kier molecular flexibility index (Phi) is 3.69. The highest BCUT2D eigenvalue weighted by Crippen LogP contribution is 2.34. The fourth-order valence-electron chi connectivity index (χ4n) is 1.55. The summed E-state index contributed by atoms with van der Waals surface area (Å²) in [6.45, 7) is 3.86. The lowest BCUT2D eigenvalue weighted by atomic mass is 10.2. The Balaban J connectivity index is 2.24. The molecular weight excluding hydrogens is 254 g/mol. The molecule has 2 heterocycles. The van der Waals surface area contributed by atoms with E-state index in [9.17, 15) is 9.59 Å². The van der Waals surface area contributed by atoms with Gasteiger partial charge in [0.15, 0.2) is 0 Å². The maximum absolute atomic E-state index is 12.1. The number of thiophene rings is 1. The first-order valence-electron chi connectivity index (χ1n) is 5.44. The predicted octanol–water partition coefficient (Wildman–Crippen LogP) is 3.58. The topological polar surface area (TPSA) is 37.4 Å². The Labute approximate surface area is 109 Å². The Morgan fingerprint density at radius 3 is 2.82 bits per heavy atom. The quantitative estimate of drug-likeness (QED) is 0.785. The van der Waals surface area contributed by atoms with Crippen LogP contribution in [0.15, 0.2) is 22.4 Å². The van der Waals surface area contributed by atoms with Crippen molar-refractivity contribution >= 4 is 40.3 Å².